The molecule has 0 amide bonds. The summed E-state index contributed by atoms with van der Waals surface area (Å²) in [5.74, 6) is 0. The van der Waals surface area contributed by atoms with Gasteiger partial charge in [0, 0.05) is 6.04 Å². The van der Waals surface area contributed by atoms with Crippen molar-refractivity contribution in [1.82, 2.24) is 5.32 Å². The van der Waals surface area contributed by atoms with Gasteiger partial charge in [-0.1, -0.05) is 6.92 Å². The van der Waals surface area contributed by atoms with Crippen molar-refractivity contribution in [2.45, 2.75) is 57.4 Å². The van der Waals surface area contributed by atoms with E-state index in [2.05, 4.69) is 19.2 Å². The first-order valence-electron chi connectivity index (χ1n) is 5.79. The van der Waals surface area contributed by atoms with E-state index in [4.69, 9.17) is 9.47 Å². The van der Waals surface area contributed by atoms with Crippen LogP contribution in [-0.4, -0.2) is 37.5 Å². The van der Waals surface area contributed by atoms with Crippen LogP contribution in [-0.2, 0) is 9.47 Å². The summed E-state index contributed by atoms with van der Waals surface area (Å²) < 4.78 is 11.5. The average Bonchev–Trinajstić information content (AvgIpc) is 2.66. The molecule has 2 fully saturated rings. The maximum absolute atomic E-state index is 5.96. The average molecular weight is 199 g/mol. The molecule has 0 aromatic heterocycles. The third-order valence-corrected chi connectivity index (χ3v) is 3.21. The van der Waals surface area contributed by atoms with Crippen LogP contribution in [0.4, 0.5) is 0 Å². The zero-order chi connectivity index (χ0) is 9.97. The highest BCUT2D eigenvalue weighted by molar-refractivity contribution is 4.87. The van der Waals surface area contributed by atoms with Gasteiger partial charge in [0.05, 0.1) is 31.5 Å². The number of rotatable bonds is 2. The second kappa shape index (κ2) is 4.60. The fourth-order valence-electron chi connectivity index (χ4n) is 2.38. The van der Waals surface area contributed by atoms with Crippen molar-refractivity contribution in [3.05, 3.63) is 0 Å². The van der Waals surface area contributed by atoms with Gasteiger partial charge in [-0.15, -0.1) is 0 Å². The van der Waals surface area contributed by atoms with Crippen LogP contribution >= 0.6 is 0 Å². The lowest BCUT2D eigenvalue weighted by Crippen LogP contribution is -2.53. The Labute approximate surface area is 86.2 Å². The summed E-state index contributed by atoms with van der Waals surface area (Å²) in [6.45, 7) is 6.00. The largest absolute Gasteiger partial charge is 0.378 e. The first kappa shape index (κ1) is 10.4. The van der Waals surface area contributed by atoms with E-state index in [1.165, 1.54) is 12.8 Å². The quantitative estimate of drug-likeness (QED) is 0.727. The fraction of sp³-hybridized carbons (Fsp3) is 1.00. The molecule has 3 nitrogen and oxygen atoms in total. The van der Waals surface area contributed by atoms with Gasteiger partial charge in [-0.25, -0.2) is 0 Å². The van der Waals surface area contributed by atoms with Crippen molar-refractivity contribution in [2.75, 3.05) is 13.2 Å². The zero-order valence-corrected chi connectivity index (χ0v) is 9.16. The van der Waals surface area contributed by atoms with Crippen LogP contribution in [0.3, 0.4) is 0 Å². The van der Waals surface area contributed by atoms with Crippen LogP contribution in [0.1, 0.15) is 33.1 Å². The maximum atomic E-state index is 5.96. The van der Waals surface area contributed by atoms with Gasteiger partial charge < -0.3 is 14.8 Å². The highest BCUT2D eigenvalue weighted by Crippen LogP contribution is 2.25. The third kappa shape index (κ3) is 2.27. The second-order valence-electron chi connectivity index (χ2n) is 4.49. The Morgan fingerprint density at radius 2 is 2.14 bits per heavy atom. The molecule has 3 heteroatoms. The van der Waals surface area contributed by atoms with Crippen LogP contribution in [0.5, 0.6) is 0 Å². The van der Waals surface area contributed by atoms with Crippen molar-refractivity contribution in [1.29, 1.82) is 0 Å². The first-order valence-corrected chi connectivity index (χ1v) is 5.79. The van der Waals surface area contributed by atoms with Gasteiger partial charge in [0.1, 0.15) is 0 Å². The number of nitrogens with one attached hydrogen (secondary N) is 1. The molecular formula is C11H21NO2. The molecule has 2 aliphatic rings. The van der Waals surface area contributed by atoms with Gasteiger partial charge in [0.15, 0.2) is 0 Å². The molecule has 0 bridgehead atoms. The van der Waals surface area contributed by atoms with E-state index in [0.29, 0.717) is 24.3 Å². The molecular weight excluding hydrogens is 178 g/mol. The topological polar surface area (TPSA) is 30.5 Å². The highest BCUT2D eigenvalue weighted by Gasteiger charge is 2.33. The summed E-state index contributed by atoms with van der Waals surface area (Å²) in [6, 6.07) is 0.883. The molecule has 0 aromatic rings. The SMILES string of the molecule is CCC1CCC(C2COCC(C)N2)O1. The lowest BCUT2D eigenvalue weighted by atomic mass is 10.1. The van der Waals surface area contributed by atoms with Gasteiger partial charge in [-0.05, 0) is 26.2 Å². The molecule has 1 N–H and O–H groups in total. The Balaban J connectivity index is 1.83. The summed E-state index contributed by atoms with van der Waals surface area (Å²) in [6.07, 6.45) is 4.40. The van der Waals surface area contributed by atoms with Gasteiger partial charge >= 0.3 is 0 Å². The van der Waals surface area contributed by atoms with E-state index in [-0.39, 0.29) is 0 Å². The molecule has 82 valence electrons. The number of hydrogen-bond acceptors (Lipinski definition) is 3. The molecule has 2 heterocycles. The maximum Gasteiger partial charge on any atom is 0.0755 e. The van der Waals surface area contributed by atoms with Crippen LogP contribution in [0.25, 0.3) is 0 Å². The van der Waals surface area contributed by atoms with E-state index in [0.717, 1.165) is 19.6 Å². The molecule has 0 saturated carbocycles. The lowest BCUT2D eigenvalue weighted by molar-refractivity contribution is -0.0333. The molecule has 2 saturated heterocycles. The Morgan fingerprint density at radius 3 is 2.79 bits per heavy atom. The van der Waals surface area contributed by atoms with Crippen molar-refractivity contribution in [3.63, 3.8) is 0 Å². The zero-order valence-electron chi connectivity index (χ0n) is 9.16. The Kier molecular flexibility index (Phi) is 3.42. The highest BCUT2D eigenvalue weighted by atomic mass is 16.5. The minimum atomic E-state index is 0.377. The van der Waals surface area contributed by atoms with E-state index >= 15 is 0 Å². The third-order valence-electron chi connectivity index (χ3n) is 3.21. The second-order valence-corrected chi connectivity index (χ2v) is 4.49. The normalized spacial score (nSPS) is 44.1. The number of morpholine rings is 1. The van der Waals surface area contributed by atoms with Crippen molar-refractivity contribution >= 4 is 0 Å². The minimum absolute atomic E-state index is 0.377. The lowest BCUT2D eigenvalue weighted by Gasteiger charge is -2.32. The molecule has 4 atom stereocenters. The molecule has 0 aliphatic carbocycles. The Hall–Kier alpha value is -0.120. The van der Waals surface area contributed by atoms with Gasteiger partial charge in [-0.2, -0.15) is 0 Å². The minimum Gasteiger partial charge on any atom is -0.378 e. The van der Waals surface area contributed by atoms with E-state index < -0.39 is 0 Å². The number of ether oxygens (including phenoxy) is 2. The van der Waals surface area contributed by atoms with Crippen molar-refractivity contribution < 1.29 is 9.47 Å². The summed E-state index contributed by atoms with van der Waals surface area (Å²) >= 11 is 0. The summed E-state index contributed by atoms with van der Waals surface area (Å²) in [4.78, 5) is 0. The molecule has 2 aliphatic heterocycles. The molecule has 14 heavy (non-hydrogen) atoms. The van der Waals surface area contributed by atoms with Crippen LogP contribution in [0.15, 0.2) is 0 Å². The Morgan fingerprint density at radius 1 is 1.29 bits per heavy atom. The molecule has 0 radical (unpaired) electrons. The molecule has 2 rings (SSSR count). The first-order chi connectivity index (χ1) is 6.79. The standard InChI is InChI=1S/C11H21NO2/c1-3-9-4-5-11(14-9)10-7-13-6-8(2)12-10/h8-12H,3-7H2,1-2H3. The van der Waals surface area contributed by atoms with E-state index in [1.807, 2.05) is 0 Å². The molecule has 0 spiro atoms. The van der Waals surface area contributed by atoms with Crippen molar-refractivity contribution in [3.8, 4) is 0 Å². The monoisotopic (exact) mass is 199 g/mol. The number of hydrogen-bond donors (Lipinski definition) is 1. The predicted octanol–water partition coefficient (Wildman–Crippen LogP) is 1.32. The van der Waals surface area contributed by atoms with Crippen LogP contribution in [0.2, 0.25) is 0 Å². The molecule has 4 unspecified atom stereocenters. The fourth-order valence-corrected chi connectivity index (χ4v) is 2.38. The summed E-state index contributed by atoms with van der Waals surface area (Å²) in [5.41, 5.74) is 0. The van der Waals surface area contributed by atoms with E-state index in [1.54, 1.807) is 0 Å². The van der Waals surface area contributed by atoms with Gasteiger partial charge in [0.25, 0.3) is 0 Å². The molecule has 0 aromatic carbocycles. The van der Waals surface area contributed by atoms with Gasteiger partial charge in [-0.3, -0.25) is 0 Å². The smallest absolute Gasteiger partial charge is 0.0755 e. The van der Waals surface area contributed by atoms with Gasteiger partial charge in [0.2, 0.25) is 0 Å². The predicted molar refractivity (Wildman–Crippen MR) is 55.4 cm³/mol. The van der Waals surface area contributed by atoms with E-state index in [9.17, 15) is 0 Å². The Bertz CT molecular complexity index is 186. The summed E-state index contributed by atoms with van der Waals surface area (Å²) in [5, 5.41) is 3.55. The summed E-state index contributed by atoms with van der Waals surface area (Å²) in [7, 11) is 0. The van der Waals surface area contributed by atoms with Crippen molar-refractivity contribution in [2.24, 2.45) is 0 Å². The van der Waals surface area contributed by atoms with Crippen LogP contribution in [0, 0.1) is 0 Å². The van der Waals surface area contributed by atoms with Crippen LogP contribution < -0.4 is 5.32 Å².